The minimum atomic E-state index is -4.69. The fourth-order valence-corrected chi connectivity index (χ4v) is 4.19. The van der Waals surface area contributed by atoms with Crippen LogP contribution in [0.5, 0.6) is 0 Å². The molecule has 2 unspecified atom stereocenters. The third kappa shape index (κ3) is 4.79. The number of hydrogen-bond donors (Lipinski definition) is 1. The van der Waals surface area contributed by atoms with Gasteiger partial charge in [-0.1, -0.05) is 48.9 Å². The minimum Gasteiger partial charge on any atom is -0.370 e. The lowest BCUT2D eigenvalue weighted by molar-refractivity contribution is -0.260. The van der Waals surface area contributed by atoms with E-state index in [0.29, 0.717) is 32.1 Å². The summed E-state index contributed by atoms with van der Waals surface area (Å²) in [6.07, 6.45) is -2.37. The topological polar surface area (TPSA) is 40.5 Å². The van der Waals surface area contributed by atoms with Crippen LogP contribution in [0.25, 0.3) is 6.08 Å². The van der Waals surface area contributed by atoms with Crippen LogP contribution >= 0.6 is 0 Å². The Labute approximate surface area is 157 Å². The second kappa shape index (κ2) is 8.15. The van der Waals surface area contributed by atoms with Gasteiger partial charge in [0, 0.05) is 24.9 Å². The second-order valence-corrected chi connectivity index (χ2v) is 7.53. The van der Waals surface area contributed by atoms with Crippen LogP contribution in [0.15, 0.2) is 35.9 Å². The molecule has 2 aliphatic carbocycles. The van der Waals surface area contributed by atoms with E-state index in [1.165, 1.54) is 4.90 Å². The van der Waals surface area contributed by atoms with Crippen molar-refractivity contribution >= 4 is 11.9 Å². The van der Waals surface area contributed by atoms with Gasteiger partial charge in [0.25, 0.3) is 0 Å². The summed E-state index contributed by atoms with van der Waals surface area (Å²) in [5, 5.41) is 10.0. The van der Waals surface area contributed by atoms with Crippen molar-refractivity contribution in [2.24, 2.45) is 5.92 Å². The highest BCUT2D eigenvalue weighted by Gasteiger charge is 2.54. The van der Waals surface area contributed by atoms with Crippen LogP contribution in [0, 0.1) is 5.92 Å². The number of alkyl halides is 3. The van der Waals surface area contributed by atoms with Gasteiger partial charge < -0.3 is 5.11 Å². The van der Waals surface area contributed by atoms with E-state index in [1.807, 2.05) is 43.3 Å². The van der Waals surface area contributed by atoms with E-state index in [4.69, 9.17) is 0 Å². The Kier molecular flexibility index (Phi) is 6.06. The quantitative estimate of drug-likeness (QED) is 0.734. The molecule has 0 bridgehead atoms. The molecule has 2 fully saturated rings. The molecule has 6 heteroatoms. The third-order valence-corrected chi connectivity index (χ3v) is 5.69. The molecule has 1 N–H and O–H groups in total. The molecule has 0 heterocycles. The number of halogens is 3. The highest BCUT2D eigenvalue weighted by Crippen LogP contribution is 2.47. The molecule has 3 atom stereocenters. The first-order valence-corrected chi connectivity index (χ1v) is 9.60. The first kappa shape index (κ1) is 20.1. The van der Waals surface area contributed by atoms with Crippen molar-refractivity contribution in [3.63, 3.8) is 0 Å². The van der Waals surface area contributed by atoms with Gasteiger partial charge in [0.1, 0.15) is 5.78 Å². The fourth-order valence-electron chi connectivity index (χ4n) is 4.19. The van der Waals surface area contributed by atoms with Crippen molar-refractivity contribution in [2.45, 2.75) is 69.9 Å². The van der Waals surface area contributed by atoms with E-state index < -0.39 is 18.4 Å². The zero-order chi connectivity index (χ0) is 19.6. The lowest BCUT2D eigenvalue weighted by atomic mass is 9.92. The van der Waals surface area contributed by atoms with Crippen LogP contribution in [-0.2, 0) is 4.79 Å². The van der Waals surface area contributed by atoms with Crippen molar-refractivity contribution in [1.29, 1.82) is 0 Å². The third-order valence-electron chi connectivity index (χ3n) is 5.69. The summed E-state index contributed by atoms with van der Waals surface area (Å²) >= 11 is 0. The predicted molar refractivity (Wildman–Crippen MR) is 97.8 cm³/mol. The first-order valence-electron chi connectivity index (χ1n) is 9.60. The standard InChI is InChI=1S/C21H26F3NO2/c1-2-15(12-14-6-4-3-5-7-14)18-13-19(18)25(20(27)21(22,23)24)16-8-10-17(26)11-9-16/h3-7,12,16,18-20,27H,2,8-11,13H2,1H3/b15-12+/t18-,19?,20?/m0/s1. The summed E-state index contributed by atoms with van der Waals surface area (Å²) < 4.78 is 39.9. The van der Waals surface area contributed by atoms with Crippen molar-refractivity contribution in [3.8, 4) is 0 Å². The Morgan fingerprint density at radius 1 is 1.26 bits per heavy atom. The Bertz CT molecular complexity index is 676. The van der Waals surface area contributed by atoms with E-state index in [2.05, 4.69) is 0 Å². The zero-order valence-corrected chi connectivity index (χ0v) is 15.5. The Morgan fingerprint density at radius 2 is 1.89 bits per heavy atom. The van der Waals surface area contributed by atoms with Crippen LogP contribution in [-0.4, -0.2) is 40.3 Å². The van der Waals surface area contributed by atoms with Crippen LogP contribution < -0.4 is 0 Å². The van der Waals surface area contributed by atoms with Crippen LogP contribution in [0.2, 0.25) is 0 Å². The number of carbonyl (C=O) groups excluding carboxylic acids is 1. The number of carbonyl (C=O) groups is 1. The van der Waals surface area contributed by atoms with E-state index >= 15 is 0 Å². The molecule has 2 aliphatic rings. The number of Topliss-reactive ketones (excluding diaryl/α,β-unsaturated/α-hetero) is 1. The fraction of sp³-hybridized carbons (Fsp3) is 0.571. The van der Waals surface area contributed by atoms with Gasteiger partial charge in [0.05, 0.1) is 0 Å². The highest BCUT2D eigenvalue weighted by molar-refractivity contribution is 5.79. The van der Waals surface area contributed by atoms with E-state index in [-0.39, 0.29) is 17.7 Å². The zero-order valence-electron chi connectivity index (χ0n) is 15.5. The molecule has 3 rings (SSSR count). The number of rotatable bonds is 6. The van der Waals surface area contributed by atoms with Crippen LogP contribution in [0.4, 0.5) is 13.2 Å². The molecule has 148 valence electrons. The molecule has 0 radical (unpaired) electrons. The number of aliphatic hydroxyl groups excluding tert-OH is 1. The number of ketones is 1. The molecule has 2 saturated carbocycles. The highest BCUT2D eigenvalue weighted by atomic mass is 19.4. The van der Waals surface area contributed by atoms with Crippen molar-refractivity contribution in [2.75, 3.05) is 0 Å². The summed E-state index contributed by atoms with van der Waals surface area (Å²) in [6, 6.07) is 9.02. The Balaban J connectivity index is 1.79. The molecule has 1 aromatic rings. The largest absolute Gasteiger partial charge is 0.428 e. The van der Waals surface area contributed by atoms with Gasteiger partial charge in [-0.3, -0.25) is 9.69 Å². The van der Waals surface area contributed by atoms with Crippen molar-refractivity contribution < 1.29 is 23.1 Å². The average Bonchev–Trinajstić information content (AvgIpc) is 3.41. The van der Waals surface area contributed by atoms with E-state index in [0.717, 1.165) is 17.6 Å². The van der Waals surface area contributed by atoms with E-state index in [1.54, 1.807) is 0 Å². The molecule has 0 aromatic heterocycles. The van der Waals surface area contributed by atoms with Crippen LogP contribution in [0.1, 0.15) is 51.0 Å². The number of benzene rings is 1. The lowest BCUT2D eigenvalue weighted by Gasteiger charge is -2.38. The maximum absolute atomic E-state index is 13.3. The summed E-state index contributed by atoms with van der Waals surface area (Å²) in [4.78, 5) is 12.7. The van der Waals surface area contributed by atoms with Gasteiger partial charge in [0.2, 0.25) is 6.23 Å². The number of hydrogen-bond acceptors (Lipinski definition) is 3. The normalized spacial score (nSPS) is 25.7. The molecule has 0 saturated heterocycles. The Hall–Kier alpha value is -1.66. The number of nitrogens with zero attached hydrogens (tertiary/aromatic N) is 1. The minimum absolute atomic E-state index is 0.0184. The first-order chi connectivity index (χ1) is 12.8. The molecule has 0 amide bonds. The molecular weight excluding hydrogens is 355 g/mol. The van der Waals surface area contributed by atoms with Crippen molar-refractivity contribution in [1.82, 2.24) is 4.90 Å². The summed E-state index contributed by atoms with van der Waals surface area (Å²) in [6.45, 7) is 2.01. The van der Waals surface area contributed by atoms with Gasteiger partial charge in [0.15, 0.2) is 0 Å². The summed E-state index contributed by atoms with van der Waals surface area (Å²) in [5.74, 6) is 0.114. The van der Waals surface area contributed by atoms with Gasteiger partial charge in [-0.05, 0) is 37.2 Å². The van der Waals surface area contributed by atoms with E-state index in [9.17, 15) is 23.1 Å². The number of aliphatic hydroxyl groups is 1. The maximum atomic E-state index is 13.3. The monoisotopic (exact) mass is 381 g/mol. The molecule has 3 nitrogen and oxygen atoms in total. The summed E-state index contributed by atoms with van der Waals surface area (Å²) in [5.41, 5.74) is 2.14. The average molecular weight is 381 g/mol. The van der Waals surface area contributed by atoms with Gasteiger partial charge >= 0.3 is 6.18 Å². The lowest BCUT2D eigenvalue weighted by Crippen LogP contribution is -2.53. The van der Waals surface area contributed by atoms with Crippen LogP contribution in [0.3, 0.4) is 0 Å². The van der Waals surface area contributed by atoms with Gasteiger partial charge in [-0.15, -0.1) is 0 Å². The molecule has 1 aromatic carbocycles. The molecule has 0 aliphatic heterocycles. The SMILES string of the molecule is CC/C(=C\c1ccccc1)[C@@H]1CC1N(C1CCC(=O)CC1)C(O)C(F)(F)F. The van der Waals surface area contributed by atoms with Gasteiger partial charge in [-0.2, -0.15) is 13.2 Å². The molecule has 0 spiro atoms. The van der Waals surface area contributed by atoms with Gasteiger partial charge in [-0.25, -0.2) is 0 Å². The van der Waals surface area contributed by atoms with Crippen molar-refractivity contribution in [3.05, 3.63) is 41.5 Å². The molecular formula is C21H26F3NO2. The molecule has 27 heavy (non-hydrogen) atoms. The smallest absolute Gasteiger partial charge is 0.370 e. The summed E-state index contributed by atoms with van der Waals surface area (Å²) in [7, 11) is 0. The predicted octanol–water partition coefficient (Wildman–Crippen LogP) is 4.56. The Morgan fingerprint density at radius 3 is 2.44 bits per heavy atom. The second-order valence-electron chi connectivity index (χ2n) is 7.53. The maximum Gasteiger partial charge on any atom is 0.428 e.